The van der Waals surface area contributed by atoms with Crippen LogP contribution in [0.25, 0.3) is 10.9 Å². The zero-order valence-electron chi connectivity index (χ0n) is 30.7. The van der Waals surface area contributed by atoms with E-state index in [4.69, 9.17) is 10.5 Å². The Morgan fingerprint density at radius 2 is 1.71 bits per heavy atom. The molecule has 0 radical (unpaired) electrons. The van der Waals surface area contributed by atoms with Gasteiger partial charge in [0, 0.05) is 30.6 Å². The van der Waals surface area contributed by atoms with E-state index in [2.05, 4.69) is 32.0 Å². The molecule has 1 aromatic heterocycles. The first-order valence-electron chi connectivity index (χ1n) is 17.4. The number of hydrogen-bond donors (Lipinski definition) is 4. The largest absolute Gasteiger partial charge is 0.494 e. The highest BCUT2D eigenvalue weighted by molar-refractivity contribution is 6.90. The number of nitrogens with zero attached hydrogens (tertiary/aromatic N) is 4. The van der Waals surface area contributed by atoms with Crippen molar-refractivity contribution in [2.24, 2.45) is 5.73 Å². The molecule has 4 rings (SSSR count). The predicted molar refractivity (Wildman–Crippen MR) is 198 cm³/mol. The number of benzene rings is 2. The molecule has 1 aliphatic heterocycles. The molecule has 0 saturated carbocycles. The Balaban J connectivity index is 1.22. The van der Waals surface area contributed by atoms with Gasteiger partial charge >= 0.3 is 0 Å². The highest BCUT2D eigenvalue weighted by atomic mass is 28.4. The number of carbonyl (C=O) groups is 4. The third-order valence-corrected chi connectivity index (χ3v) is 14.5. The molecule has 278 valence electrons. The van der Waals surface area contributed by atoms with Crippen molar-refractivity contribution in [3.8, 4) is 11.8 Å². The Hall–Kier alpha value is -4.94. The molecular formula is C37H49FN8O5Si. The summed E-state index contributed by atoms with van der Waals surface area (Å²) >= 11 is 0. The third kappa shape index (κ3) is 9.10. The summed E-state index contributed by atoms with van der Waals surface area (Å²) in [6.07, 6.45) is 3.07. The van der Waals surface area contributed by atoms with Crippen LogP contribution in [0, 0.1) is 11.3 Å². The average Bonchev–Trinajstić information content (AvgIpc) is 3.60. The number of halogens is 1. The van der Waals surface area contributed by atoms with Crippen LogP contribution in [0.3, 0.4) is 0 Å². The van der Waals surface area contributed by atoms with Crippen LogP contribution in [-0.4, -0.2) is 91.8 Å². The lowest BCUT2D eigenvalue weighted by atomic mass is 10.1. The van der Waals surface area contributed by atoms with Crippen LogP contribution in [0.1, 0.15) is 81.7 Å². The van der Waals surface area contributed by atoms with Crippen molar-refractivity contribution < 1.29 is 28.0 Å². The maximum atomic E-state index is 16.6. The molecule has 0 unspecified atom stereocenters. The van der Waals surface area contributed by atoms with Crippen LogP contribution >= 0.6 is 0 Å². The van der Waals surface area contributed by atoms with Crippen molar-refractivity contribution >= 4 is 48.1 Å². The maximum Gasteiger partial charge on any atom is 0.288 e. The normalized spacial score (nSPS) is 15.4. The van der Waals surface area contributed by atoms with E-state index in [1.54, 1.807) is 42.5 Å². The number of ether oxygens (including phenoxy) is 1. The summed E-state index contributed by atoms with van der Waals surface area (Å²) in [4.78, 5) is 60.7. The van der Waals surface area contributed by atoms with Crippen molar-refractivity contribution in [2.45, 2.75) is 83.0 Å². The SMILES string of the molecule is CC(C)(C)[Si](F)(c1ccc(C(=O)NC[C@@H](N)C(=O)NCCCOc2ccc3ncnc(C(=O)NCC(=O)N4CCC[C@H]4C#N)c3c2)cc1)C(C)(C)C. The number of nitrogens with one attached hydrogen (secondary N) is 3. The summed E-state index contributed by atoms with van der Waals surface area (Å²) in [7, 11) is -3.46. The van der Waals surface area contributed by atoms with Gasteiger partial charge in [0.15, 0.2) is 0 Å². The second-order valence-corrected chi connectivity index (χ2v) is 19.9. The fourth-order valence-corrected chi connectivity index (χ4v) is 11.3. The minimum atomic E-state index is -3.46. The standard InChI is InChI=1S/C37H49FN8O5Si/c1-36(2,3)52(38,37(4,5)6)27-13-10-24(11-14-27)33(48)42-21-29(40)34(49)41-16-8-18-51-26-12-15-30-28(19-26)32(45-23-44-30)35(50)43-22-31(47)46-17-7-9-25(46)20-39/h10-15,19,23,25,29H,7-9,16-18,21-22,40H2,1-6H3,(H,41,49)(H,42,48)(H,43,50)/t25-,29+/m0/s1. The molecule has 0 aliphatic carbocycles. The Kier molecular flexibility index (Phi) is 12.7. The van der Waals surface area contributed by atoms with Crippen LogP contribution in [0.5, 0.6) is 5.75 Å². The molecule has 2 atom stereocenters. The zero-order valence-corrected chi connectivity index (χ0v) is 31.7. The molecule has 0 bridgehead atoms. The van der Waals surface area contributed by atoms with E-state index in [9.17, 15) is 24.4 Å². The number of likely N-dealkylation sites (tertiary alicyclic amines) is 1. The van der Waals surface area contributed by atoms with Crippen LogP contribution in [0.15, 0.2) is 48.8 Å². The van der Waals surface area contributed by atoms with Crippen molar-refractivity contribution in [1.29, 1.82) is 5.26 Å². The minimum absolute atomic E-state index is 0.0800. The van der Waals surface area contributed by atoms with Crippen molar-refractivity contribution in [3.05, 3.63) is 60.0 Å². The second kappa shape index (κ2) is 16.6. The smallest absolute Gasteiger partial charge is 0.288 e. The molecule has 13 nitrogen and oxygen atoms in total. The lowest BCUT2D eigenvalue weighted by Gasteiger charge is -2.44. The number of rotatable bonds is 13. The molecule has 52 heavy (non-hydrogen) atoms. The Bertz CT molecular complexity index is 1810. The van der Waals surface area contributed by atoms with Crippen LogP contribution in [0.4, 0.5) is 4.11 Å². The van der Waals surface area contributed by atoms with Gasteiger partial charge in [-0.15, -0.1) is 0 Å². The van der Waals surface area contributed by atoms with Crippen molar-refractivity contribution in [2.75, 3.05) is 32.8 Å². The quantitative estimate of drug-likeness (QED) is 0.116. The highest BCUT2D eigenvalue weighted by Crippen LogP contribution is 2.51. The zero-order chi connectivity index (χ0) is 38.3. The predicted octanol–water partition coefficient (Wildman–Crippen LogP) is 3.24. The summed E-state index contributed by atoms with van der Waals surface area (Å²) in [5, 5.41) is 17.2. The average molecular weight is 733 g/mol. The first-order chi connectivity index (χ1) is 24.5. The first-order valence-corrected chi connectivity index (χ1v) is 19.3. The van der Waals surface area contributed by atoms with Gasteiger partial charge in [0.05, 0.1) is 24.7 Å². The van der Waals surface area contributed by atoms with Gasteiger partial charge in [-0.05, 0) is 64.9 Å². The number of hydrogen-bond acceptors (Lipinski definition) is 9. The molecule has 15 heteroatoms. The molecule has 2 aromatic carbocycles. The fourth-order valence-electron chi connectivity index (χ4n) is 6.69. The molecule has 4 amide bonds. The fraction of sp³-hybridized carbons (Fsp3) is 0.486. The topological polar surface area (TPSA) is 192 Å². The van der Waals surface area contributed by atoms with Crippen LogP contribution < -0.4 is 31.6 Å². The van der Waals surface area contributed by atoms with Gasteiger partial charge in [-0.3, -0.25) is 19.2 Å². The summed E-state index contributed by atoms with van der Waals surface area (Å²) in [6, 6.07) is 12.3. The number of amides is 4. The molecule has 0 spiro atoms. The number of carbonyl (C=O) groups excluding carboxylic acids is 4. The molecule has 3 aromatic rings. The molecule has 1 fully saturated rings. The van der Waals surface area contributed by atoms with E-state index in [1.807, 2.05) is 41.5 Å². The summed E-state index contributed by atoms with van der Waals surface area (Å²) in [6.45, 7) is 12.2. The Morgan fingerprint density at radius 1 is 1.02 bits per heavy atom. The Morgan fingerprint density at radius 3 is 2.37 bits per heavy atom. The van der Waals surface area contributed by atoms with E-state index in [0.29, 0.717) is 46.8 Å². The molecule has 1 saturated heterocycles. The van der Waals surface area contributed by atoms with Crippen LogP contribution in [0.2, 0.25) is 10.1 Å². The number of nitriles is 1. The van der Waals surface area contributed by atoms with E-state index in [-0.39, 0.29) is 37.8 Å². The van der Waals surface area contributed by atoms with Gasteiger partial charge in [-0.2, -0.15) is 5.26 Å². The Labute approximate surface area is 305 Å². The monoisotopic (exact) mass is 732 g/mol. The third-order valence-electron chi connectivity index (χ3n) is 9.26. The lowest BCUT2D eigenvalue weighted by Crippen LogP contribution is -2.57. The van der Waals surface area contributed by atoms with Gasteiger partial charge in [0.25, 0.3) is 20.2 Å². The van der Waals surface area contributed by atoms with E-state index in [1.165, 1.54) is 11.2 Å². The summed E-state index contributed by atoms with van der Waals surface area (Å²) in [5.41, 5.74) is 6.96. The first kappa shape index (κ1) is 39.8. The van der Waals surface area contributed by atoms with Crippen LogP contribution in [-0.2, 0) is 9.59 Å². The molecular weight excluding hydrogens is 684 g/mol. The van der Waals surface area contributed by atoms with E-state index < -0.39 is 48.3 Å². The maximum absolute atomic E-state index is 16.6. The molecule has 5 N–H and O–H groups in total. The minimum Gasteiger partial charge on any atom is -0.494 e. The highest BCUT2D eigenvalue weighted by Gasteiger charge is 2.56. The van der Waals surface area contributed by atoms with E-state index >= 15 is 4.11 Å². The lowest BCUT2D eigenvalue weighted by molar-refractivity contribution is -0.130. The number of fused-ring (bicyclic) bond motifs is 1. The summed E-state index contributed by atoms with van der Waals surface area (Å²) < 4.78 is 22.4. The van der Waals surface area contributed by atoms with Gasteiger partial charge < -0.3 is 35.4 Å². The second-order valence-electron chi connectivity index (χ2n) is 15.0. The van der Waals surface area contributed by atoms with Gasteiger partial charge in [0.2, 0.25) is 11.8 Å². The molecule has 2 heterocycles. The van der Waals surface area contributed by atoms with Gasteiger partial charge in [0.1, 0.15) is 29.9 Å². The van der Waals surface area contributed by atoms with Gasteiger partial charge in [-0.25, -0.2) is 9.97 Å². The summed E-state index contributed by atoms with van der Waals surface area (Å²) in [5.74, 6) is -1.28. The number of nitrogens with two attached hydrogens (primary N) is 1. The van der Waals surface area contributed by atoms with Crippen molar-refractivity contribution in [3.63, 3.8) is 0 Å². The molecule has 1 aliphatic rings. The van der Waals surface area contributed by atoms with E-state index in [0.717, 1.165) is 6.42 Å². The number of aromatic nitrogens is 2. The van der Waals surface area contributed by atoms with Gasteiger partial charge in [-0.1, -0.05) is 53.7 Å². The van der Waals surface area contributed by atoms with Crippen molar-refractivity contribution in [1.82, 2.24) is 30.8 Å².